The number of H-pyrrole nitrogens is 2. The molecule has 1 atom stereocenters. The molecule has 0 aliphatic carbocycles. The summed E-state index contributed by atoms with van der Waals surface area (Å²) in [5, 5.41) is 1.25. The van der Waals surface area contributed by atoms with Crippen molar-refractivity contribution in [2.24, 2.45) is 5.73 Å². The molecule has 2 aromatic carbocycles. The molecule has 1 amide bonds. The maximum Gasteiger partial charge on any atom is 0.250 e. The van der Waals surface area contributed by atoms with Gasteiger partial charge >= 0.3 is 0 Å². The average Bonchev–Trinajstić information content (AvgIpc) is 3.39. The van der Waals surface area contributed by atoms with E-state index in [4.69, 9.17) is 10.7 Å². The van der Waals surface area contributed by atoms with Gasteiger partial charge < -0.3 is 15.7 Å². The largest absolute Gasteiger partial charge is 0.366 e. The number of primary amides is 1. The minimum atomic E-state index is -0.438. The van der Waals surface area contributed by atoms with Gasteiger partial charge in [-0.3, -0.25) is 9.69 Å². The van der Waals surface area contributed by atoms with E-state index < -0.39 is 5.91 Å². The normalized spacial score (nSPS) is 17.9. The Kier molecular flexibility index (Phi) is 3.72. The third-order valence-electron chi connectivity index (χ3n) is 5.48. The van der Waals surface area contributed by atoms with Crippen molar-refractivity contribution >= 4 is 27.8 Å². The van der Waals surface area contributed by atoms with Crippen LogP contribution in [0.25, 0.3) is 21.9 Å². The molecule has 6 heteroatoms. The van der Waals surface area contributed by atoms with E-state index in [9.17, 15) is 4.79 Å². The number of carbonyl (C=O) groups is 1. The van der Waals surface area contributed by atoms with E-state index in [2.05, 4.69) is 39.1 Å². The van der Waals surface area contributed by atoms with Crippen LogP contribution in [0.4, 0.5) is 0 Å². The highest BCUT2D eigenvalue weighted by Gasteiger charge is 2.27. The Morgan fingerprint density at radius 2 is 2.15 bits per heavy atom. The predicted molar refractivity (Wildman–Crippen MR) is 106 cm³/mol. The van der Waals surface area contributed by atoms with Crippen LogP contribution in [-0.4, -0.2) is 38.8 Å². The minimum Gasteiger partial charge on any atom is -0.366 e. The molecule has 1 saturated heterocycles. The number of benzene rings is 2. The second-order valence-electron chi connectivity index (χ2n) is 7.31. The third-order valence-corrected chi connectivity index (χ3v) is 5.48. The molecule has 136 valence electrons. The van der Waals surface area contributed by atoms with Crippen molar-refractivity contribution in [2.45, 2.75) is 18.9 Å². The first-order valence-electron chi connectivity index (χ1n) is 9.24. The first-order chi connectivity index (χ1) is 13.2. The summed E-state index contributed by atoms with van der Waals surface area (Å²) in [6.07, 6.45) is 3.03. The number of aromatic nitrogens is 3. The summed E-state index contributed by atoms with van der Waals surface area (Å²) < 4.78 is 0. The Balaban J connectivity index is 1.35. The number of amides is 1. The van der Waals surface area contributed by atoms with Crippen molar-refractivity contribution in [2.75, 3.05) is 13.1 Å². The quantitative estimate of drug-likeness (QED) is 0.523. The molecule has 0 radical (unpaired) electrons. The van der Waals surface area contributed by atoms with Crippen LogP contribution in [0, 0.1) is 0 Å². The number of para-hydroxylation sites is 1. The van der Waals surface area contributed by atoms with Gasteiger partial charge in [-0.25, -0.2) is 4.98 Å². The van der Waals surface area contributed by atoms with Crippen molar-refractivity contribution in [3.05, 3.63) is 65.6 Å². The zero-order valence-electron chi connectivity index (χ0n) is 14.9. The number of rotatable bonds is 4. The third kappa shape index (κ3) is 2.88. The van der Waals surface area contributed by atoms with E-state index in [1.807, 2.05) is 18.3 Å². The molecule has 0 bridgehead atoms. The molecule has 6 nitrogen and oxygen atoms in total. The van der Waals surface area contributed by atoms with Crippen LogP contribution in [0.2, 0.25) is 0 Å². The molecule has 4 N–H and O–H groups in total. The Morgan fingerprint density at radius 1 is 1.22 bits per heavy atom. The summed E-state index contributed by atoms with van der Waals surface area (Å²) in [5.41, 5.74) is 10.00. The number of carbonyl (C=O) groups excluding carboxylic acids is 1. The lowest BCUT2D eigenvalue weighted by Gasteiger charge is -2.15. The highest BCUT2D eigenvalue weighted by molar-refractivity contribution is 6.04. The molecule has 1 aliphatic rings. The molecule has 2 aromatic heterocycles. The SMILES string of the molecule is NC(=O)c1cccc2[nH]c(C3CCN(Cc4ccc5[nH]ccc5c4)C3)nc12. The number of nitrogens with one attached hydrogen (secondary N) is 2. The number of hydrogen-bond donors (Lipinski definition) is 3. The maximum atomic E-state index is 11.6. The Morgan fingerprint density at radius 3 is 3.04 bits per heavy atom. The first-order valence-corrected chi connectivity index (χ1v) is 9.24. The van der Waals surface area contributed by atoms with E-state index in [-0.39, 0.29) is 0 Å². The molecule has 1 fully saturated rings. The van der Waals surface area contributed by atoms with Crippen LogP contribution < -0.4 is 5.73 Å². The minimum absolute atomic E-state index is 0.342. The lowest BCUT2D eigenvalue weighted by molar-refractivity contribution is 0.100. The van der Waals surface area contributed by atoms with Crippen molar-refractivity contribution in [3.8, 4) is 0 Å². The Hall–Kier alpha value is -3.12. The van der Waals surface area contributed by atoms with Crippen LogP contribution >= 0.6 is 0 Å². The van der Waals surface area contributed by atoms with Gasteiger partial charge in [0, 0.05) is 30.7 Å². The number of imidazole rings is 1. The zero-order valence-corrected chi connectivity index (χ0v) is 14.9. The van der Waals surface area contributed by atoms with Crippen LogP contribution in [0.5, 0.6) is 0 Å². The predicted octanol–water partition coefficient (Wildman–Crippen LogP) is 3.13. The summed E-state index contributed by atoms with van der Waals surface area (Å²) in [5.74, 6) is 0.850. The second-order valence-corrected chi connectivity index (χ2v) is 7.31. The first kappa shape index (κ1) is 16.1. The molecule has 5 rings (SSSR count). The van der Waals surface area contributed by atoms with E-state index in [0.29, 0.717) is 17.0 Å². The highest BCUT2D eigenvalue weighted by Crippen LogP contribution is 2.29. The molecule has 3 heterocycles. The average molecular weight is 359 g/mol. The standard InChI is InChI=1S/C21H21N5O/c22-20(27)16-2-1-3-18-19(16)25-21(24-18)15-7-9-26(12-15)11-13-4-5-17-14(10-13)6-8-23-17/h1-6,8,10,15,23H,7,9,11-12H2,(H2,22,27)(H,24,25). The topological polar surface area (TPSA) is 90.8 Å². The molecular weight excluding hydrogens is 338 g/mol. The van der Waals surface area contributed by atoms with Crippen molar-refractivity contribution < 1.29 is 4.79 Å². The van der Waals surface area contributed by atoms with Crippen LogP contribution in [0.15, 0.2) is 48.7 Å². The van der Waals surface area contributed by atoms with Crippen molar-refractivity contribution in [3.63, 3.8) is 0 Å². The van der Waals surface area contributed by atoms with E-state index in [1.165, 1.54) is 16.5 Å². The number of likely N-dealkylation sites (tertiary alicyclic amines) is 1. The molecule has 1 aliphatic heterocycles. The van der Waals surface area contributed by atoms with E-state index in [1.54, 1.807) is 6.07 Å². The summed E-state index contributed by atoms with van der Waals surface area (Å²) in [4.78, 5) is 25.4. The zero-order chi connectivity index (χ0) is 18.4. The smallest absolute Gasteiger partial charge is 0.250 e. The van der Waals surface area contributed by atoms with E-state index >= 15 is 0 Å². The Bertz CT molecular complexity index is 1140. The lowest BCUT2D eigenvalue weighted by Crippen LogP contribution is -2.19. The number of hydrogen-bond acceptors (Lipinski definition) is 3. The Labute approximate surface area is 156 Å². The van der Waals surface area contributed by atoms with Gasteiger partial charge in [-0.2, -0.15) is 0 Å². The van der Waals surface area contributed by atoms with Gasteiger partial charge in [-0.1, -0.05) is 12.1 Å². The van der Waals surface area contributed by atoms with Gasteiger partial charge in [0.05, 0.1) is 11.1 Å². The van der Waals surface area contributed by atoms with Crippen LogP contribution in [-0.2, 0) is 6.54 Å². The maximum absolute atomic E-state index is 11.6. The van der Waals surface area contributed by atoms with Crippen molar-refractivity contribution in [1.29, 1.82) is 0 Å². The van der Waals surface area contributed by atoms with Gasteiger partial charge in [0.1, 0.15) is 11.3 Å². The lowest BCUT2D eigenvalue weighted by atomic mass is 10.1. The summed E-state index contributed by atoms with van der Waals surface area (Å²) in [6, 6.07) is 14.2. The fourth-order valence-corrected chi connectivity index (χ4v) is 4.10. The van der Waals surface area contributed by atoms with Gasteiger partial charge in [-0.15, -0.1) is 0 Å². The second kappa shape index (κ2) is 6.25. The monoisotopic (exact) mass is 359 g/mol. The summed E-state index contributed by atoms with van der Waals surface area (Å²) >= 11 is 0. The molecule has 27 heavy (non-hydrogen) atoms. The van der Waals surface area contributed by atoms with Gasteiger partial charge in [0.2, 0.25) is 0 Å². The molecule has 4 aromatic rings. The van der Waals surface area contributed by atoms with Gasteiger partial charge in [-0.05, 0) is 54.2 Å². The van der Waals surface area contributed by atoms with Gasteiger partial charge in [0.25, 0.3) is 5.91 Å². The summed E-state index contributed by atoms with van der Waals surface area (Å²) in [6.45, 7) is 2.93. The van der Waals surface area contributed by atoms with Gasteiger partial charge in [0.15, 0.2) is 0 Å². The number of fused-ring (bicyclic) bond motifs is 2. The fraction of sp³-hybridized carbons (Fsp3) is 0.238. The molecule has 1 unspecified atom stereocenters. The van der Waals surface area contributed by atoms with E-state index in [0.717, 1.165) is 37.4 Å². The number of nitrogens with two attached hydrogens (primary N) is 1. The summed E-state index contributed by atoms with van der Waals surface area (Å²) in [7, 11) is 0. The fourth-order valence-electron chi connectivity index (χ4n) is 4.10. The van der Waals surface area contributed by atoms with Crippen LogP contribution in [0.3, 0.4) is 0 Å². The molecule has 0 saturated carbocycles. The van der Waals surface area contributed by atoms with Crippen LogP contribution in [0.1, 0.15) is 34.1 Å². The molecule has 0 spiro atoms. The highest BCUT2D eigenvalue weighted by atomic mass is 16.1. The number of nitrogens with zero attached hydrogens (tertiary/aromatic N) is 2. The van der Waals surface area contributed by atoms with Crippen molar-refractivity contribution in [1.82, 2.24) is 19.9 Å². The number of aromatic amines is 2. The molecular formula is C21H21N5O.